The molecule has 0 aromatic carbocycles. The molecule has 0 radical (unpaired) electrons. The number of alkyl halides is 1. The Morgan fingerprint density at radius 2 is 1.75 bits per heavy atom. The van der Waals surface area contributed by atoms with Crippen molar-refractivity contribution in [2.75, 3.05) is 13.2 Å². The van der Waals surface area contributed by atoms with E-state index in [0.29, 0.717) is 19.1 Å². The van der Waals surface area contributed by atoms with Crippen LogP contribution in [0.2, 0.25) is 0 Å². The summed E-state index contributed by atoms with van der Waals surface area (Å²) in [6.45, 7) is 7.90. The minimum absolute atomic E-state index is 0.0840. The topological polar surface area (TPSA) is 47.6 Å². The number of carbonyl (C=O) groups is 1. The van der Waals surface area contributed by atoms with Gasteiger partial charge in [-0.2, -0.15) is 0 Å². The van der Waals surface area contributed by atoms with Gasteiger partial charge in [0, 0.05) is 0 Å². The Labute approximate surface area is 153 Å². The normalized spacial score (nSPS) is 19.7. The monoisotopic (exact) mass is 361 g/mol. The van der Waals surface area contributed by atoms with Crippen LogP contribution in [0.3, 0.4) is 0 Å². The quantitative estimate of drug-likeness (QED) is 0.407. The molecule has 24 heavy (non-hydrogen) atoms. The van der Waals surface area contributed by atoms with Crippen molar-refractivity contribution in [2.45, 2.75) is 96.3 Å². The number of halogens is 1. The van der Waals surface area contributed by atoms with Gasteiger partial charge >= 0.3 is 0 Å². The van der Waals surface area contributed by atoms with Crippen LogP contribution >= 0.6 is 11.6 Å². The first-order chi connectivity index (χ1) is 11.6. The lowest BCUT2D eigenvalue weighted by molar-refractivity contribution is -0.200. The van der Waals surface area contributed by atoms with E-state index in [9.17, 15) is 4.79 Å². The third kappa shape index (κ3) is 8.17. The molecule has 0 spiro atoms. The molecule has 1 heterocycles. The summed E-state index contributed by atoms with van der Waals surface area (Å²) in [6, 6.07) is -0.124. The average molecular weight is 362 g/mol. The number of nitrogens with one attached hydrogen (secondary N) is 1. The van der Waals surface area contributed by atoms with E-state index < -0.39 is 5.38 Å². The van der Waals surface area contributed by atoms with Crippen LogP contribution in [0.5, 0.6) is 0 Å². The molecule has 1 fully saturated rings. The lowest BCUT2D eigenvalue weighted by Gasteiger charge is -2.35. The summed E-state index contributed by atoms with van der Waals surface area (Å²) in [6.07, 6.45) is 9.16. The van der Waals surface area contributed by atoms with E-state index in [1.54, 1.807) is 0 Å². The minimum atomic E-state index is -0.466. The standard InChI is InChI=1S/C19H36ClNO3/c1-4-6-8-9-12-16(20)18(22)21-17(15(3)11-7-5-2)19-23-13-10-14-24-19/h15-17,19H,4-14H2,1-3H3,(H,21,22). The van der Waals surface area contributed by atoms with E-state index in [0.717, 1.165) is 44.9 Å². The molecular weight excluding hydrogens is 326 g/mol. The molecule has 0 aliphatic carbocycles. The van der Waals surface area contributed by atoms with Gasteiger partial charge in [-0.05, 0) is 25.2 Å². The largest absolute Gasteiger partial charge is 0.350 e. The Morgan fingerprint density at radius 1 is 1.08 bits per heavy atom. The van der Waals surface area contributed by atoms with E-state index in [1.165, 1.54) is 12.8 Å². The number of amides is 1. The van der Waals surface area contributed by atoms with E-state index in [4.69, 9.17) is 21.1 Å². The van der Waals surface area contributed by atoms with Gasteiger partial charge in [-0.15, -0.1) is 11.6 Å². The third-order valence-corrected chi connectivity index (χ3v) is 5.09. The molecule has 4 nitrogen and oxygen atoms in total. The molecule has 1 amide bonds. The number of unbranched alkanes of at least 4 members (excludes halogenated alkanes) is 4. The number of ether oxygens (including phenoxy) is 2. The van der Waals surface area contributed by atoms with Crippen molar-refractivity contribution < 1.29 is 14.3 Å². The fourth-order valence-electron chi connectivity index (χ4n) is 3.03. The highest BCUT2D eigenvalue weighted by atomic mass is 35.5. The summed E-state index contributed by atoms with van der Waals surface area (Å²) >= 11 is 6.31. The van der Waals surface area contributed by atoms with Gasteiger partial charge in [0.25, 0.3) is 0 Å². The Balaban J connectivity index is 2.53. The second-order valence-corrected chi connectivity index (χ2v) is 7.46. The van der Waals surface area contributed by atoms with Crippen molar-refractivity contribution in [3.05, 3.63) is 0 Å². The molecule has 1 N–H and O–H groups in total. The molecule has 3 atom stereocenters. The molecule has 3 unspecified atom stereocenters. The highest BCUT2D eigenvalue weighted by Gasteiger charge is 2.32. The second kappa shape index (κ2) is 13.0. The zero-order valence-corrected chi connectivity index (χ0v) is 16.4. The van der Waals surface area contributed by atoms with Crippen molar-refractivity contribution in [3.8, 4) is 0 Å². The molecule has 0 saturated carbocycles. The molecule has 0 aromatic heterocycles. The average Bonchev–Trinajstić information content (AvgIpc) is 2.61. The fourth-order valence-corrected chi connectivity index (χ4v) is 3.25. The van der Waals surface area contributed by atoms with Crippen molar-refractivity contribution in [1.29, 1.82) is 0 Å². The molecule has 1 rings (SSSR count). The zero-order chi connectivity index (χ0) is 17.8. The summed E-state index contributed by atoms with van der Waals surface area (Å²) in [4.78, 5) is 12.5. The van der Waals surface area contributed by atoms with Gasteiger partial charge in [0.2, 0.25) is 5.91 Å². The Morgan fingerprint density at radius 3 is 2.38 bits per heavy atom. The second-order valence-electron chi connectivity index (χ2n) is 6.93. The van der Waals surface area contributed by atoms with Crippen molar-refractivity contribution >= 4 is 17.5 Å². The zero-order valence-electron chi connectivity index (χ0n) is 15.7. The predicted octanol–water partition coefficient (Wildman–Crippen LogP) is 4.64. The first-order valence-corrected chi connectivity index (χ1v) is 10.2. The van der Waals surface area contributed by atoms with Crippen LogP contribution in [0.1, 0.15) is 78.6 Å². The van der Waals surface area contributed by atoms with Crippen molar-refractivity contribution in [3.63, 3.8) is 0 Å². The van der Waals surface area contributed by atoms with Crippen molar-refractivity contribution in [2.24, 2.45) is 5.92 Å². The summed E-state index contributed by atoms with van der Waals surface area (Å²) in [7, 11) is 0. The lowest BCUT2D eigenvalue weighted by atomic mass is 9.94. The van der Waals surface area contributed by atoms with E-state index in [-0.39, 0.29) is 18.2 Å². The summed E-state index contributed by atoms with van der Waals surface area (Å²) < 4.78 is 11.5. The van der Waals surface area contributed by atoms with E-state index in [1.807, 2.05) is 0 Å². The Bertz CT molecular complexity index is 335. The number of hydrogen-bond donors (Lipinski definition) is 1. The van der Waals surface area contributed by atoms with Crippen LogP contribution in [-0.2, 0) is 14.3 Å². The Hall–Kier alpha value is -0.320. The lowest BCUT2D eigenvalue weighted by Crippen LogP contribution is -2.52. The molecule has 0 aromatic rings. The van der Waals surface area contributed by atoms with Gasteiger partial charge in [0.05, 0.1) is 19.3 Å². The van der Waals surface area contributed by atoms with Crippen LogP contribution in [0.4, 0.5) is 0 Å². The highest BCUT2D eigenvalue weighted by molar-refractivity contribution is 6.30. The third-order valence-electron chi connectivity index (χ3n) is 4.68. The van der Waals surface area contributed by atoms with Crippen LogP contribution in [0, 0.1) is 5.92 Å². The smallest absolute Gasteiger partial charge is 0.238 e. The van der Waals surface area contributed by atoms with Gasteiger partial charge in [0.15, 0.2) is 6.29 Å². The number of hydrogen-bond acceptors (Lipinski definition) is 3. The maximum atomic E-state index is 12.5. The van der Waals surface area contributed by atoms with Gasteiger partial charge in [0.1, 0.15) is 5.38 Å². The molecule has 0 bridgehead atoms. The van der Waals surface area contributed by atoms with Gasteiger partial charge in [-0.25, -0.2) is 0 Å². The molecular formula is C19H36ClNO3. The summed E-state index contributed by atoms with van der Waals surface area (Å²) in [5, 5.41) is 2.65. The molecule has 1 aliphatic rings. The molecule has 1 saturated heterocycles. The van der Waals surface area contributed by atoms with Crippen LogP contribution in [0.15, 0.2) is 0 Å². The molecule has 142 valence electrons. The Kier molecular flexibility index (Phi) is 11.7. The maximum absolute atomic E-state index is 12.5. The van der Waals surface area contributed by atoms with Crippen molar-refractivity contribution in [1.82, 2.24) is 5.32 Å². The molecule has 1 aliphatic heterocycles. The van der Waals surface area contributed by atoms with Crippen LogP contribution in [0.25, 0.3) is 0 Å². The summed E-state index contributed by atoms with van der Waals surface area (Å²) in [5.74, 6) is 0.222. The fraction of sp³-hybridized carbons (Fsp3) is 0.947. The predicted molar refractivity (Wildman–Crippen MR) is 99.3 cm³/mol. The van der Waals surface area contributed by atoms with Gasteiger partial charge in [-0.3, -0.25) is 4.79 Å². The highest BCUT2D eigenvalue weighted by Crippen LogP contribution is 2.21. The minimum Gasteiger partial charge on any atom is -0.350 e. The van der Waals surface area contributed by atoms with Gasteiger partial charge in [-0.1, -0.05) is 59.3 Å². The van der Waals surface area contributed by atoms with Crippen LogP contribution < -0.4 is 5.32 Å². The SMILES string of the molecule is CCCCCCC(Cl)C(=O)NC(C(C)CCCC)C1OCCCO1. The summed E-state index contributed by atoms with van der Waals surface area (Å²) in [5.41, 5.74) is 0. The maximum Gasteiger partial charge on any atom is 0.238 e. The number of rotatable bonds is 12. The van der Waals surface area contributed by atoms with Crippen LogP contribution in [-0.4, -0.2) is 36.8 Å². The van der Waals surface area contributed by atoms with E-state index >= 15 is 0 Å². The van der Waals surface area contributed by atoms with E-state index in [2.05, 4.69) is 26.1 Å². The first-order valence-electron chi connectivity index (χ1n) is 9.77. The first kappa shape index (κ1) is 21.7. The molecule has 5 heteroatoms. The van der Waals surface area contributed by atoms with Gasteiger partial charge < -0.3 is 14.8 Å². The number of carbonyl (C=O) groups excluding carboxylic acids is 1.